The highest BCUT2D eigenvalue weighted by Crippen LogP contribution is 2.42. The summed E-state index contributed by atoms with van der Waals surface area (Å²) in [6.07, 6.45) is 7.08. The number of carbonyl (C=O) groups excluding carboxylic acids is 5. The van der Waals surface area contributed by atoms with E-state index in [9.17, 15) is 24.0 Å². The van der Waals surface area contributed by atoms with Gasteiger partial charge in [-0.25, -0.2) is 14.8 Å². The van der Waals surface area contributed by atoms with Crippen LogP contribution in [0.15, 0.2) is 54.6 Å². The Balaban J connectivity index is 1.17. The summed E-state index contributed by atoms with van der Waals surface area (Å²) in [5, 5.41) is 7.91. The first-order valence-electron chi connectivity index (χ1n) is 23.4. The van der Waals surface area contributed by atoms with Gasteiger partial charge in [-0.15, -0.1) is 11.3 Å². The second-order valence-electron chi connectivity index (χ2n) is 19.0. The lowest BCUT2D eigenvalue weighted by molar-refractivity contribution is -0.231. The van der Waals surface area contributed by atoms with Gasteiger partial charge in [0.15, 0.2) is 6.10 Å². The second kappa shape index (κ2) is 19.8. The molecule has 1 aromatic carbocycles. The largest absolute Gasteiger partial charge is 0.463 e. The molecule has 4 amide bonds. The number of nitrogens with one attached hydrogen (secondary N) is 1. The number of aromatic nitrogens is 3. The minimum Gasteiger partial charge on any atom is -0.463 e. The third-order valence-electron chi connectivity index (χ3n) is 13.9. The fraction of sp³-hybridized carbons (Fsp3) is 0.540. The average Bonchev–Trinajstić information content (AvgIpc) is 4.17. The van der Waals surface area contributed by atoms with Crippen molar-refractivity contribution < 1.29 is 38.3 Å². The number of hydrogen-bond donors (Lipinski definition) is 1. The third kappa shape index (κ3) is 9.54. The van der Waals surface area contributed by atoms with Gasteiger partial charge in [0.05, 0.1) is 40.7 Å². The second-order valence-corrected chi connectivity index (χ2v) is 20.0. The molecule has 4 aliphatic rings. The number of amides is 4. The van der Waals surface area contributed by atoms with E-state index in [4.69, 9.17) is 24.3 Å². The molecular weight excluding hydrogens is 859 g/mol. The number of rotatable bonds is 10. The number of likely N-dealkylation sites (N-methyl/N-ethyl adjacent to an activating group) is 1. The zero-order valence-corrected chi connectivity index (χ0v) is 39.9. The van der Waals surface area contributed by atoms with E-state index in [1.54, 1.807) is 25.3 Å². The Kier molecular flexibility index (Phi) is 14.1. The number of esters is 1. The summed E-state index contributed by atoms with van der Waals surface area (Å²) >= 11 is 1.40. The summed E-state index contributed by atoms with van der Waals surface area (Å²) in [5.41, 5.74) is 6.05. The molecule has 3 aromatic heterocycles. The molecule has 15 nitrogen and oxygen atoms in total. The monoisotopic (exact) mass is 921 g/mol. The van der Waals surface area contributed by atoms with Crippen LogP contribution >= 0.6 is 11.3 Å². The molecule has 8 rings (SSSR count). The molecular formula is C50H63N7O8S. The van der Waals surface area contributed by atoms with Crippen molar-refractivity contribution in [2.45, 2.75) is 116 Å². The standard InChI is InChI=1S/C50H63N7O8S/c1-8-42(58)55-23-20-33(27-55)47(60)54(6)44(31-14-10-11-15-31)46(59)53-37-25-41-52-38(28-66-41)32-18-19-39-35(24-32)36(45(56(39)9-2)34-16-12-21-51-43(34)30(3)63-7)26-50(4,5)29-64-49(62)40-17-13-22-57(65-40)48(37)61/h8,12,16,18-19,21,24,28,30-31,33,37,40,44H,1,9-11,13-15,17,20,22-23,25-27,29H2,2-7H3,(H,53,59)/t30-,33?,37-,40-,44?/m0/s1. The molecule has 1 saturated carbocycles. The van der Waals surface area contributed by atoms with Gasteiger partial charge >= 0.3 is 5.97 Å². The molecule has 4 aromatic rings. The number of cyclic esters (lactones) is 1. The first-order chi connectivity index (χ1) is 31.7. The van der Waals surface area contributed by atoms with Crippen molar-refractivity contribution in [2.75, 3.05) is 40.4 Å². The van der Waals surface area contributed by atoms with E-state index >= 15 is 0 Å². The van der Waals surface area contributed by atoms with Crippen molar-refractivity contribution in [3.05, 3.63) is 70.8 Å². The van der Waals surface area contributed by atoms with E-state index in [1.165, 1.54) is 27.4 Å². The number of carbonyl (C=O) groups is 5. The average molecular weight is 922 g/mol. The Morgan fingerprint density at radius 3 is 2.64 bits per heavy atom. The van der Waals surface area contributed by atoms with Crippen LogP contribution in [0.2, 0.25) is 0 Å². The summed E-state index contributed by atoms with van der Waals surface area (Å²) in [5.74, 6) is -2.51. The molecule has 5 atom stereocenters. The van der Waals surface area contributed by atoms with E-state index in [1.807, 2.05) is 18.4 Å². The zero-order valence-electron chi connectivity index (χ0n) is 39.0. The third-order valence-corrected chi connectivity index (χ3v) is 14.8. The number of thiazole rings is 1. The molecule has 0 radical (unpaired) electrons. The summed E-state index contributed by atoms with van der Waals surface area (Å²) in [6.45, 7) is 13.6. The van der Waals surface area contributed by atoms with E-state index in [0.29, 0.717) is 43.8 Å². The lowest BCUT2D eigenvalue weighted by Gasteiger charge is -2.36. The van der Waals surface area contributed by atoms with Crippen LogP contribution in [0, 0.1) is 17.3 Å². The maximum atomic E-state index is 14.7. The Bertz CT molecular complexity index is 2490. The lowest BCUT2D eigenvalue weighted by Crippen LogP contribution is -2.58. The number of hydroxylamine groups is 2. The van der Waals surface area contributed by atoms with Crippen molar-refractivity contribution in [3.8, 4) is 22.5 Å². The molecule has 1 aliphatic carbocycles. The predicted octanol–water partition coefficient (Wildman–Crippen LogP) is 6.68. The number of likely N-dealkylation sites (tertiary alicyclic amines) is 1. The fourth-order valence-electron chi connectivity index (χ4n) is 10.4. The van der Waals surface area contributed by atoms with Crippen molar-refractivity contribution in [3.63, 3.8) is 0 Å². The van der Waals surface area contributed by atoms with Crippen LogP contribution in [-0.4, -0.2) is 118 Å². The predicted molar refractivity (Wildman–Crippen MR) is 251 cm³/mol. The minimum atomic E-state index is -1.12. The number of fused-ring (bicyclic) bond motifs is 6. The van der Waals surface area contributed by atoms with Gasteiger partial charge in [-0.05, 0) is 94.2 Å². The normalized spacial score (nSPS) is 22.4. The number of nitrogens with zero attached hydrogens (tertiary/aromatic N) is 6. The molecule has 3 aliphatic heterocycles. The van der Waals surface area contributed by atoms with E-state index in [0.717, 1.165) is 70.4 Å². The highest BCUT2D eigenvalue weighted by molar-refractivity contribution is 7.10. The van der Waals surface area contributed by atoms with E-state index < -0.39 is 47.3 Å². The summed E-state index contributed by atoms with van der Waals surface area (Å²) in [4.78, 5) is 89.0. The SMILES string of the molecule is C=CC(=O)N1CCC(C(=O)N(C)C(C(=O)N[C@H]2Cc3nc(cs3)-c3ccc4c(c3)c(c(-c3cccnc3[C@H](C)OC)n4CC)CC(C)(C)COC(=O)[C@@H]3CCCN(O3)C2=O)C2CCCC2)C1. The fourth-order valence-corrected chi connectivity index (χ4v) is 11.2. The topological polar surface area (TPSA) is 166 Å². The molecule has 6 bridgehead atoms. The number of benzene rings is 1. The molecule has 2 unspecified atom stereocenters. The Morgan fingerprint density at radius 2 is 1.89 bits per heavy atom. The van der Waals surface area contributed by atoms with Crippen LogP contribution in [-0.2, 0) is 57.7 Å². The van der Waals surface area contributed by atoms with Gasteiger partial charge in [0.25, 0.3) is 5.91 Å². The highest BCUT2D eigenvalue weighted by Gasteiger charge is 2.43. The summed E-state index contributed by atoms with van der Waals surface area (Å²) in [6, 6.07) is 8.43. The Morgan fingerprint density at radius 1 is 1.11 bits per heavy atom. The van der Waals surface area contributed by atoms with Gasteiger partial charge in [0.2, 0.25) is 17.7 Å². The molecule has 2 saturated heterocycles. The maximum absolute atomic E-state index is 14.7. The minimum absolute atomic E-state index is 0.0556. The number of aryl methyl sites for hydroxylation is 1. The molecule has 6 heterocycles. The first kappa shape index (κ1) is 47.1. The van der Waals surface area contributed by atoms with Crippen molar-refractivity contribution in [2.24, 2.45) is 17.3 Å². The van der Waals surface area contributed by atoms with Crippen molar-refractivity contribution >= 4 is 51.8 Å². The van der Waals surface area contributed by atoms with Gasteiger partial charge in [0.1, 0.15) is 12.1 Å². The van der Waals surface area contributed by atoms with Gasteiger partial charge in [-0.2, -0.15) is 0 Å². The zero-order chi connectivity index (χ0) is 46.9. The maximum Gasteiger partial charge on any atom is 0.338 e. The Hall–Kier alpha value is -5.45. The van der Waals surface area contributed by atoms with Crippen LogP contribution in [0.1, 0.15) is 95.0 Å². The van der Waals surface area contributed by atoms with Crippen LogP contribution in [0.3, 0.4) is 0 Å². The summed E-state index contributed by atoms with van der Waals surface area (Å²) in [7, 11) is 3.34. The van der Waals surface area contributed by atoms with Crippen molar-refractivity contribution in [1.82, 2.24) is 34.7 Å². The number of hydrogen-bond acceptors (Lipinski definition) is 11. The van der Waals surface area contributed by atoms with Crippen LogP contribution in [0.25, 0.3) is 33.4 Å². The van der Waals surface area contributed by atoms with E-state index in [-0.39, 0.29) is 50.0 Å². The van der Waals surface area contributed by atoms with Gasteiger partial charge < -0.3 is 29.2 Å². The Labute approximate surface area is 390 Å². The van der Waals surface area contributed by atoms with Crippen LogP contribution in [0.4, 0.5) is 0 Å². The van der Waals surface area contributed by atoms with Crippen molar-refractivity contribution in [1.29, 1.82) is 0 Å². The van der Waals surface area contributed by atoms with Gasteiger partial charge in [-0.1, -0.05) is 39.3 Å². The smallest absolute Gasteiger partial charge is 0.338 e. The van der Waals surface area contributed by atoms with Gasteiger partial charge in [0, 0.05) is 85.8 Å². The number of ether oxygens (including phenoxy) is 2. The van der Waals surface area contributed by atoms with Crippen LogP contribution in [0.5, 0.6) is 0 Å². The number of pyridine rings is 1. The molecule has 352 valence electrons. The molecule has 0 spiro atoms. The molecule has 66 heavy (non-hydrogen) atoms. The quantitative estimate of drug-likeness (QED) is 0.134. The highest BCUT2D eigenvalue weighted by atomic mass is 32.1. The van der Waals surface area contributed by atoms with E-state index in [2.05, 4.69) is 61.5 Å². The number of methoxy groups -OCH3 is 1. The lowest BCUT2D eigenvalue weighted by atomic mass is 9.84. The first-order valence-corrected chi connectivity index (χ1v) is 24.3. The molecule has 1 N–H and O–H groups in total. The molecule has 3 fully saturated rings. The van der Waals surface area contributed by atoms with Crippen LogP contribution < -0.4 is 5.32 Å². The van der Waals surface area contributed by atoms with Gasteiger partial charge in [-0.3, -0.25) is 29.0 Å². The summed E-state index contributed by atoms with van der Waals surface area (Å²) < 4.78 is 14.2. The molecule has 16 heteroatoms.